The lowest BCUT2D eigenvalue weighted by Crippen LogP contribution is -2.23. The molecule has 0 fully saturated rings. The van der Waals surface area contributed by atoms with Gasteiger partial charge in [-0.3, -0.25) is 4.79 Å². The maximum absolute atomic E-state index is 13.1. The Bertz CT molecular complexity index is 1940. The van der Waals surface area contributed by atoms with Crippen molar-refractivity contribution in [3.8, 4) is 11.1 Å². The Morgan fingerprint density at radius 3 is 2.36 bits per heavy atom. The summed E-state index contributed by atoms with van der Waals surface area (Å²) < 4.78 is 41.3. The molecule has 3 N–H and O–H groups in total. The molecule has 0 aliphatic carbocycles. The number of rotatable bonds is 8. The van der Waals surface area contributed by atoms with Crippen molar-refractivity contribution in [3.63, 3.8) is 0 Å². The van der Waals surface area contributed by atoms with Gasteiger partial charge in [0, 0.05) is 35.8 Å². The van der Waals surface area contributed by atoms with E-state index in [1.54, 1.807) is 12.1 Å². The summed E-state index contributed by atoms with van der Waals surface area (Å²) in [5.41, 5.74) is 11.6. The van der Waals surface area contributed by atoms with Gasteiger partial charge in [-0.15, -0.1) is 12.4 Å². The summed E-state index contributed by atoms with van der Waals surface area (Å²) in [7, 11) is 0. The number of hydrogen-bond donors (Lipinski definition) is 2. The molecule has 0 spiro atoms. The van der Waals surface area contributed by atoms with Gasteiger partial charge in [0.1, 0.15) is 0 Å². The topological polar surface area (TPSA) is 60.0 Å². The quantitative estimate of drug-likeness (QED) is 0.181. The van der Waals surface area contributed by atoms with Crippen LogP contribution in [-0.2, 0) is 25.7 Å². The monoisotopic (exact) mass is 613 g/mol. The fraction of sp³-hybridized carbons (Fsp3) is 0.139. The van der Waals surface area contributed by atoms with E-state index >= 15 is 0 Å². The number of nitrogens with zero attached hydrogens (tertiary/aromatic N) is 1. The third kappa shape index (κ3) is 6.49. The zero-order chi connectivity index (χ0) is 30.0. The van der Waals surface area contributed by atoms with Gasteiger partial charge in [0.2, 0.25) is 0 Å². The van der Waals surface area contributed by atoms with E-state index in [-0.39, 0.29) is 24.9 Å². The molecule has 1 heterocycles. The van der Waals surface area contributed by atoms with Crippen molar-refractivity contribution in [2.75, 3.05) is 6.54 Å². The lowest BCUT2D eigenvalue weighted by molar-refractivity contribution is -0.137. The third-order valence-corrected chi connectivity index (χ3v) is 7.73. The number of halogens is 4. The van der Waals surface area contributed by atoms with Crippen LogP contribution in [0.5, 0.6) is 0 Å². The van der Waals surface area contributed by atoms with Crippen LogP contribution >= 0.6 is 12.4 Å². The third-order valence-electron chi connectivity index (χ3n) is 7.73. The maximum atomic E-state index is 13.1. The van der Waals surface area contributed by atoms with E-state index in [0.29, 0.717) is 24.2 Å². The summed E-state index contributed by atoms with van der Waals surface area (Å²) in [6.45, 7) is 1.07. The molecule has 224 valence electrons. The Morgan fingerprint density at radius 2 is 1.55 bits per heavy atom. The molecular weight excluding hydrogens is 583 g/mol. The lowest BCUT2D eigenvalue weighted by Gasteiger charge is -2.11. The van der Waals surface area contributed by atoms with Crippen molar-refractivity contribution >= 4 is 40.0 Å². The number of alkyl halides is 3. The van der Waals surface area contributed by atoms with Crippen LogP contribution in [0.4, 0.5) is 13.2 Å². The van der Waals surface area contributed by atoms with Crippen molar-refractivity contribution in [2.24, 2.45) is 5.73 Å². The van der Waals surface area contributed by atoms with Crippen LogP contribution in [0.3, 0.4) is 0 Å². The first-order valence-electron chi connectivity index (χ1n) is 14.1. The standard InChI is InChI=1S/C36H30F3N3O.ClH/c37-36(38,39)30-11-4-6-24(19-30)21-41-35(43)28-10-3-7-25(18-28)22-42-23-29(16-17-40)33-20-27(14-15-34(33)42)32-13-5-9-26-8-1-2-12-31(26)32;/h1-15,18-20,23H,16-17,21-22,40H2,(H,41,43);1H. The molecule has 0 bridgehead atoms. The number of amides is 1. The Hall–Kier alpha value is -4.59. The predicted molar refractivity (Wildman–Crippen MR) is 173 cm³/mol. The number of nitrogens with two attached hydrogens (primary N) is 1. The summed E-state index contributed by atoms with van der Waals surface area (Å²) in [5, 5.41) is 6.28. The van der Waals surface area contributed by atoms with Gasteiger partial charge < -0.3 is 15.6 Å². The average Bonchev–Trinajstić information content (AvgIpc) is 3.35. The number of fused-ring (bicyclic) bond motifs is 2. The predicted octanol–water partition coefficient (Wildman–Crippen LogP) is 8.38. The van der Waals surface area contributed by atoms with Gasteiger partial charge >= 0.3 is 6.18 Å². The number of aromatic nitrogens is 1. The summed E-state index contributed by atoms with van der Waals surface area (Å²) in [6, 6.07) is 33.5. The van der Waals surface area contributed by atoms with Gasteiger partial charge in [-0.05, 0) is 88.0 Å². The van der Waals surface area contributed by atoms with Crippen LogP contribution in [0.25, 0.3) is 32.8 Å². The molecule has 5 aromatic carbocycles. The molecule has 0 aliphatic rings. The second kappa shape index (κ2) is 13.0. The highest BCUT2D eigenvalue weighted by Gasteiger charge is 2.30. The second-order valence-electron chi connectivity index (χ2n) is 10.7. The van der Waals surface area contributed by atoms with Crippen molar-refractivity contribution in [3.05, 3.63) is 143 Å². The molecule has 0 saturated carbocycles. The van der Waals surface area contributed by atoms with Gasteiger partial charge in [-0.25, -0.2) is 0 Å². The molecule has 0 radical (unpaired) electrons. The molecule has 1 aromatic heterocycles. The summed E-state index contributed by atoms with van der Waals surface area (Å²) >= 11 is 0. The van der Waals surface area contributed by atoms with Crippen molar-refractivity contribution in [2.45, 2.75) is 25.7 Å². The average molecular weight is 614 g/mol. The van der Waals surface area contributed by atoms with Gasteiger partial charge in [-0.2, -0.15) is 13.2 Å². The molecule has 0 atom stereocenters. The number of nitrogens with one attached hydrogen (secondary N) is 1. The van der Waals surface area contributed by atoms with Gasteiger partial charge in [0.05, 0.1) is 5.56 Å². The number of carbonyl (C=O) groups excluding carboxylic acids is 1. The Labute approximate surface area is 259 Å². The van der Waals surface area contributed by atoms with Gasteiger partial charge in [-0.1, -0.05) is 72.8 Å². The summed E-state index contributed by atoms with van der Waals surface area (Å²) in [6.07, 6.45) is -1.57. The van der Waals surface area contributed by atoms with Crippen LogP contribution < -0.4 is 11.1 Å². The molecule has 6 aromatic rings. The Morgan fingerprint density at radius 1 is 0.795 bits per heavy atom. The number of benzene rings is 5. The second-order valence-corrected chi connectivity index (χ2v) is 10.7. The molecule has 0 saturated heterocycles. The zero-order valence-corrected chi connectivity index (χ0v) is 24.6. The number of carbonyl (C=O) groups is 1. The molecule has 1 amide bonds. The first-order chi connectivity index (χ1) is 20.8. The van der Waals surface area contributed by atoms with E-state index in [0.717, 1.165) is 46.1 Å². The highest BCUT2D eigenvalue weighted by molar-refractivity contribution is 5.99. The van der Waals surface area contributed by atoms with Crippen molar-refractivity contribution in [1.29, 1.82) is 0 Å². The van der Waals surface area contributed by atoms with Crippen LogP contribution in [0, 0.1) is 0 Å². The zero-order valence-electron chi connectivity index (χ0n) is 23.8. The highest BCUT2D eigenvalue weighted by atomic mass is 35.5. The van der Waals surface area contributed by atoms with Gasteiger partial charge in [0.15, 0.2) is 0 Å². The fourth-order valence-electron chi connectivity index (χ4n) is 5.65. The molecule has 8 heteroatoms. The first kappa shape index (κ1) is 30.9. The molecular formula is C36H31ClF3N3O. The van der Waals surface area contributed by atoms with Crippen molar-refractivity contribution in [1.82, 2.24) is 9.88 Å². The summed E-state index contributed by atoms with van der Waals surface area (Å²) in [4.78, 5) is 12.9. The largest absolute Gasteiger partial charge is 0.416 e. The number of hydrogen-bond acceptors (Lipinski definition) is 2. The van der Waals surface area contributed by atoms with Crippen LogP contribution in [-0.4, -0.2) is 17.0 Å². The SMILES string of the molecule is Cl.NCCc1cn(Cc2cccc(C(=O)NCc3cccc(C(F)(F)F)c3)c2)c2ccc(-c3cccc4ccccc34)cc12. The van der Waals surface area contributed by atoms with Crippen LogP contribution in [0.15, 0.2) is 115 Å². The van der Waals surface area contributed by atoms with Crippen LogP contribution in [0.1, 0.15) is 32.6 Å². The lowest BCUT2D eigenvalue weighted by atomic mass is 9.96. The Balaban J connectivity index is 0.00000384. The minimum absolute atomic E-state index is 0. The molecule has 0 aliphatic heterocycles. The first-order valence-corrected chi connectivity index (χ1v) is 14.1. The smallest absolute Gasteiger partial charge is 0.348 e. The normalized spacial score (nSPS) is 11.5. The van der Waals surface area contributed by atoms with E-state index in [1.165, 1.54) is 22.4 Å². The van der Waals surface area contributed by atoms with E-state index in [4.69, 9.17) is 5.73 Å². The van der Waals surface area contributed by atoms with Crippen molar-refractivity contribution < 1.29 is 18.0 Å². The van der Waals surface area contributed by atoms with E-state index in [2.05, 4.69) is 70.7 Å². The molecule has 4 nitrogen and oxygen atoms in total. The molecule has 44 heavy (non-hydrogen) atoms. The van der Waals surface area contributed by atoms with Gasteiger partial charge in [0.25, 0.3) is 5.91 Å². The molecule has 6 rings (SSSR count). The van der Waals surface area contributed by atoms with E-state index < -0.39 is 11.7 Å². The molecule has 0 unspecified atom stereocenters. The minimum atomic E-state index is -4.43. The van der Waals surface area contributed by atoms with Crippen LogP contribution in [0.2, 0.25) is 0 Å². The van der Waals surface area contributed by atoms with E-state index in [1.807, 2.05) is 24.3 Å². The fourth-order valence-corrected chi connectivity index (χ4v) is 5.65. The highest BCUT2D eigenvalue weighted by Crippen LogP contribution is 2.33. The minimum Gasteiger partial charge on any atom is -0.348 e. The summed E-state index contributed by atoms with van der Waals surface area (Å²) in [5.74, 6) is -0.347. The Kier molecular flexibility index (Phi) is 9.09. The van der Waals surface area contributed by atoms with E-state index in [9.17, 15) is 18.0 Å². The maximum Gasteiger partial charge on any atom is 0.416 e.